The lowest BCUT2D eigenvalue weighted by atomic mass is 10.1. The zero-order chi connectivity index (χ0) is 22.2. The van der Waals surface area contributed by atoms with Crippen molar-refractivity contribution in [3.63, 3.8) is 0 Å². The summed E-state index contributed by atoms with van der Waals surface area (Å²) in [6.45, 7) is 3.76. The van der Waals surface area contributed by atoms with Crippen LogP contribution in [0.1, 0.15) is 90.9 Å². The summed E-state index contributed by atoms with van der Waals surface area (Å²) in [7, 11) is 1.72. The predicted molar refractivity (Wildman–Crippen MR) is 131 cm³/mol. The molecule has 0 atom stereocenters. The molecule has 1 aromatic rings. The van der Waals surface area contributed by atoms with Crippen molar-refractivity contribution in [2.75, 3.05) is 17.3 Å². The van der Waals surface area contributed by atoms with Gasteiger partial charge in [0.1, 0.15) is 0 Å². The lowest BCUT2D eigenvalue weighted by Gasteiger charge is -2.16. The third-order valence-electron chi connectivity index (χ3n) is 5.22. The molecule has 0 unspecified atom stereocenters. The molecule has 168 valence electrons. The van der Waals surface area contributed by atoms with Crippen molar-refractivity contribution in [3.8, 4) is 0 Å². The summed E-state index contributed by atoms with van der Waals surface area (Å²) in [6.07, 6.45) is 14.4. The second-order valence-corrected chi connectivity index (χ2v) is 8.32. The van der Waals surface area contributed by atoms with Crippen LogP contribution in [0, 0.1) is 0 Å². The van der Waals surface area contributed by atoms with E-state index in [1.54, 1.807) is 11.9 Å². The largest absolute Gasteiger partial charge is 0.332 e. The molecule has 0 saturated heterocycles. The number of carbonyl (C=O) groups excluding carboxylic acids is 2. The fourth-order valence-electron chi connectivity index (χ4n) is 3.28. The van der Waals surface area contributed by atoms with Crippen LogP contribution < -0.4 is 15.5 Å². The molecule has 0 heterocycles. The van der Waals surface area contributed by atoms with E-state index in [2.05, 4.69) is 17.6 Å². The van der Waals surface area contributed by atoms with Crippen LogP contribution in [0.4, 0.5) is 11.4 Å². The molecule has 1 aromatic carbocycles. The highest BCUT2D eigenvalue weighted by atomic mass is 32.1. The van der Waals surface area contributed by atoms with Crippen LogP contribution in [0.15, 0.2) is 24.3 Å². The number of nitrogens with zero attached hydrogens (tertiary/aromatic N) is 1. The summed E-state index contributed by atoms with van der Waals surface area (Å²) < 4.78 is 0. The summed E-state index contributed by atoms with van der Waals surface area (Å²) in [5.74, 6) is -0.101. The topological polar surface area (TPSA) is 61.4 Å². The van der Waals surface area contributed by atoms with E-state index in [0.717, 1.165) is 24.2 Å². The van der Waals surface area contributed by atoms with Gasteiger partial charge in [-0.25, -0.2) is 0 Å². The van der Waals surface area contributed by atoms with Gasteiger partial charge in [0.2, 0.25) is 11.8 Å². The minimum absolute atomic E-state index is 0.0463. The molecule has 2 amide bonds. The average molecular weight is 434 g/mol. The second kappa shape index (κ2) is 15.8. The van der Waals surface area contributed by atoms with Gasteiger partial charge in [-0.15, -0.1) is 0 Å². The lowest BCUT2D eigenvalue weighted by molar-refractivity contribution is -0.119. The van der Waals surface area contributed by atoms with Crippen molar-refractivity contribution in [2.45, 2.75) is 90.9 Å². The molecular formula is C24H39N3O2S. The Bertz CT molecular complexity index is 664. The molecule has 30 heavy (non-hydrogen) atoms. The Morgan fingerprint density at radius 2 is 1.50 bits per heavy atom. The third kappa shape index (κ3) is 11.9. The number of thiocarbonyl (C=S) groups is 1. The van der Waals surface area contributed by atoms with E-state index in [0.29, 0.717) is 6.42 Å². The highest BCUT2D eigenvalue weighted by Gasteiger charge is 2.08. The molecule has 2 N–H and O–H groups in total. The molecule has 0 bridgehead atoms. The monoisotopic (exact) mass is 433 g/mol. The van der Waals surface area contributed by atoms with Crippen molar-refractivity contribution in [3.05, 3.63) is 24.3 Å². The Labute approximate surface area is 188 Å². The molecule has 0 radical (unpaired) electrons. The average Bonchev–Trinajstić information content (AvgIpc) is 2.71. The summed E-state index contributed by atoms with van der Waals surface area (Å²) in [5.41, 5.74) is 1.50. The van der Waals surface area contributed by atoms with Gasteiger partial charge in [-0.3, -0.25) is 9.59 Å². The van der Waals surface area contributed by atoms with Crippen molar-refractivity contribution in [2.24, 2.45) is 0 Å². The van der Waals surface area contributed by atoms with E-state index >= 15 is 0 Å². The standard InChI is InChI=1S/C24H39N3O2S/c1-4-5-6-7-8-9-10-11-12-13-14-18-23(29)26-24(30)25-21-16-15-17-22(19-21)27(3)20(2)28/h15-17,19H,4-14,18H2,1-3H3,(H2,25,26,29,30). The number of carbonyl (C=O) groups is 2. The van der Waals surface area contributed by atoms with Crippen molar-refractivity contribution in [1.82, 2.24) is 5.32 Å². The van der Waals surface area contributed by atoms with Crippen LogP contribution in [-0.4, -0.2) is 24.0 Å². The third-order valence-corrected chi connectivity index (χ3v) is 5.43. The predicted octanol–water partition coefficient (Wildman–Crippen LogP) is 6.18. The molecule has 0 fully saturated rings. The Morgan fingerprint density at radius 3 is 2.07 bits per heavy atom. The first kappa shape index (κ1) is 26.1. The van der Waals surface area contributed by atoms with E-state index in [1.807, 2.05) is 24.3 Å². The highest BCUT2D eigenvalue weighted by Crippen LogP contribution is 2.18. The first-order valence-electron chi connectivity index (χ1n) is 11.4. The fourth-order valence-corrected chi connectivity index (χ4v) is 3.51. The first-order chi connectivity index (χ1) is 14.4. The fraction of sp³-hybridized carbons (Fsp3) is 0.625. The minimum atomic E-state index is -0.0552. The van der Waals surface area contributed by atoms with Gasteiger partial charge >= 0.3 is 0 Å². The van der Waals surface area contributed by atoms with Gasteiger partial charge in [0.05, 0.1) is 0 Å². The van der Waals surface area contributed by atoms with Gasteiger partial charge in [-0.2, -0.15) is 0 Å². The summed E-state index contributed by atoms with van der Waals surface area (Å²) in [5, 5.41) is 6.03. The normalized spacial score (nSPS) is 10.5. The van der Waals surface area contributed by atoms with E-state index < -0.39 is 0 Å². The quantitative estimate of drug-likeness (QED) is 0.271. The highest BCUT2D eigenvalue weighted by molar-refractivity contribution is 7.80. The molecule has 0 saturated carbocycles. The van der Waals surface area contributed by atoms with Gasteiger partial charge in [0.25, 0.3) is 0 Å². The molecule has 0 aromatic heterocycles. The molecular weight excluding hydrogens is 394 g/mol. The maximum atomic E-state index is 12.1. The number of anilines is 2. The first-order valence-corrected chi connectivity index (χ1v) is 11.8. The van der Waals surface area contributed by atoms with Gasteiger partial charge in [-0.1, -0.05) is 77.2 Å². The zero-order valence-corrected chi connectivity index (χ0v) is 19.8. The van der Waals surface area contributed by atoms with Crippen LogP contribution in [0.3, 0.4) is 0 Å². The number of benzene rings is 1. The number of hydrogen-bond donors (Lipinski definition) is 2. The van der Waals surface area contributed by atoms with Gasteiger partial charge in [-0.05, 0) is 36.8 Å². The lowest BCUT2D eigenvalue weighted by Crippen LogP contribution is -2.34. The molecule has 1 rings (SSSR count). The van der Waals surface area contributed by atoms with E-state index in [4.69, 9.17) is 12.2 Å². The van der Waals surface area contributed by atoms with E-state index in [1.165, 1.54) is 64.7 Å². The molecule has 0 spiro atoms. The van der Waals surface area contributed by atoms with E-state index in [9.17, 15) is 9.59 Å². The Hall–Kier alpha value is -1.95. The SMILES string of the molecule is CCCCCCCCCCCCCC(=O)NC(=S)Nc1cccc(N(C)C(C)=O)c1. The molecule has 0 aliphatic carbocycles. The maximum Gasteiger partial charge on any atom is 0.226 e. The molecule has 0 aliphatic rings. The smallest absolute Gasteiger partial charge is 0.226 e. The zero-order valence-electron chi connectivity index (χ0n) is 19.0. The summed E-state index contributed by atoms with van der Waals surface area (Å²) in [4.78, 5) is 25.1. The van der Waals surface area contributed by atoms with Crippen molar-refractivity contribution >= 4 is 40.5 Å². The van der Waals surface area contributed by atoms with Crippen molar-refractivity contribution in [1.29, 1.82) is 0 Å². The van der Waals surface area contributed by atoms with Crippen LogP contribution in [0.2, 0.25) is 0 Å². The number of amides is 2. The van der Waals surface area contributed by atoms with E-state index in [-0.39, 0.29) is 16.9 Å². The molecule has 6 heteroatoms. The van der Waals surface area contributed by atoms with Gasteiger partial charge < -0.3 is 15.5 Å². The van der Waals surface area contributed by atoms with Crippen molar-refractivity contribution < 1.29 is 9.59 Å². The second-order valence-electron chi connectivity index (χ2n) is 7.92. The van der Waals surface area contributed by atoms with Crippen LogP contribution in [-0.2, 0) is 9.59 Å². The Morgan fingerprint density at radius 1 is 0.933 bits per heavy atom. The summed E-state index contributed by atoms with van der Waals surface area (Å²) >= 11 is 5.24. The van der Waals surface area contributed by atoms with Crippen LogP contribution in [0.5, 0.6) is 0 Å². The van der Waals surface area contributed by atoms with Gasteiger partial charge in [0, 0.05) is 31.8 Å². The van der Waals surface area contributed by atoms with Crippen LogP contribution >= 0.6 is 12.2 Å². The number of rotatable bonds is 14. The van der Waals surface area contributed by atoms with Crippen LogP contribution in [0.25, 0.3) is 0 Å². The molecule has 0 aliphatic heterocycles. The number of nitrogens with one attached hydrogen (secondary N) is 2. The number of unbranched alkanes of at least 4 members (excludes halogenated alkanes) is 10. The Kier molecular flexibility index (Phi) is 13.8. The summed E-state index contributed by atoms with van der Waals surface area (Å²) in [6, 6.07) is 7.36. The van der Waals surface area contributed by atoms with Gasteiger partial charge in [0.15, 0.2) is 5.11 Å². The Balaban J connectivity index is 2.14. The molecule has 5 nitrogen and oxygen atoms in total. The maximum absolute atomic E-state index is 12.1. The minimum Gasteiger partial charge on any atom is -0.332 e. The number of hydrogen-bond acceptors (Lipinski definition) is 3.